The SMILES string of the molecule is CC1(C)CNCCN1C(=O)c1cccc(C(F)(F)F)c1F. The molecule has 1 N–H and O–H groups in total. The first-order valence-corrected chi connectivity index (χ1v) is 6.53. The highest BCUT2D eigenvalue weighted by Crippen LogP contribution is 2.33. The van der Waals surface area contributed by atoms with E-state index in [1.54, 1.807) is 13.8 Å². The number of rotatable bonds is 1. The lowest BCUT2D eigenvalue weighted by Gasteiger charge is -2.43. The van der Waals surface area contributed by atoms with Crippen molar-refractivity contribution in [3.05, 3.63) is 35.1 Å². The van der Waals surface area contributed by atoms with Gasteiger partial charge in [-0.15, -0.1) is 0 Å². The number of nitrogens with one attached hydrogen (secondary N) is 1. The van der Waals surface area contributed by atoms with Crippen molar-refractivity contribution in [2.75, 3.05) is 19.6 Å². The molecule has 7 heteroatoms. The van der Waals surface area contributed by atoms with Crippen LogP contribution in [0.1, 0.15) is 29.8 Å². The third kappa shape index (κ3) is 3.02. The predicted octanol–water partition coefficient (Wildman–Crippen LogP) is 2.67. The maximum atomic E-state index is 14.0. The van der Waals surface area contributed by atoms with Crippen molar-refractivity contribution in [1.29, 1.82) is 0 Å². The monoisotopic (exact) mass is 304 g/mol. The molecule has 1 saturated heterocycles. The molecule has 1 amide bonds. The number of amides is 1. The molecule has 0 spiro atoms. The van der Waals surface area contributed by atoms with Crippen LogP contribution in [-0.2, 0) is 6.18 Å². The van der Waals surface area contributed by atoms with Gasteiger partial charge in [-0.25, -0.2) is 4.39 Å². The van der Waals surface area contributed by atoms with Gasteiger partial charge in [-0.2, -0.15) is 13.2 Å². The molecular formula is C14H16F4N2O. The fourth-order valence-electron chi connectivity index (χ4n) is 2.42. The minimum Gasteiger partial charge on any atom is -0.331 e. The Morgan fingerprint density at radius 2 is 2.00 bits per heavy atom. The van der Waals surface area contributed by atoms with Gasteiger partial charge in [-0.05, 0) is 26.0 Å². The highest BCUT2D eigenvalue weighted by molar-refractivity contribution is 5.95. The summed E-state index contributed by atoms with van der Waals surface area (Å²) in [5, 5.41) is 3.09. The molecular weight excluding hydrogens is 288 g/mol. The lowest BCUT2D eigenvalue weighted by molar-refractivity contribution is -0.140. The first-order chi connectivity index (χ1) is 9.64. The van der Waals surface area contributed by atoms with E-state index in [1.165, 1.54) is 4.90 Å². The summed E-state index contributed by atoms with van der Waals surface area (Å²) in [6.07, 6.45) is -4.82. The van der Waals surface area contributed by atoms with E-state index in [9.17, 15) is 22.4 Å². The van der Waals surface area contributed by atoms with Crippen molar-refractivity contribution in [2.24, 2.45) is 0 Å². The molecule has 0 atom stereocenters. The van der Waals surface area contributed by atoms with Gasteiger partial charge in [0.15, 0.2) is 0 Å². The molecule has 0 unspecified atom stereocenters. The summed E-state index contributed by atoms with van der Waals surface area (Å²) in [7, 11) is 0. The van der Waals surface area contributed by atoms with Crippen LogP contribution in [0.25, 0.3) is 0 Å². The summed E-state index contributed by atoms with van der Waals surface area (Å²) < 4.78 is 52.2. The molecule has 1 aliphatic heterocycles. The van der Waals surface area contributed by atoms with E-state index >= 15 is 0 Å². The second-order valence-corrected chi connectivity index (χ2v) is 5.61. The van der Waals surface area contributed by atoms with Gasteiger partial charge in [0.25, 0.3) is 5.91 Å². The molecule has 0 bridgehead atoms. The molecule has 0 radical (unpaired) electrons. The molecule has 0 aromatic heterocycles. The summed E-state index contributed by atoms with van der Waals surface area (Å²) >= 11 is 0. The zero-order valence-electron chi connectivity index (χ0n) is 11.7. The number of halogens is 4. The van der Waals surface area contributed by atoms with E-state index in [1.807, 2.05) is 0 Å². The Morgan fingerprint density at radius 3 is 2.57 bits per heavy atom. The van der Waals surface area contributed by atoms with Gasteiger partial charge in [0.1, 0.15) is 5.82 Å². The van der Waals surface area contributed by atoms with Crippen molar-refractivity contribution >= 4 is 5.91 Å². The third-order valence-corrected chi connectivity index (χ3v) is 3.58. The van der Waals surface area contributed by atoms with Gasteiger partial charge in [0.05, 0.1) is 16.7 Å². The minimum absolute atomic E-state index is 0.321. The van der Waals surface area contributed by atoms with Gasteiger partial charge in [0.2, 0.25) is 0 Å². The first-order valence-electron chi connectivity index (χ1n) is 6.53. The second-order valence-electron chi connectivity index (χ2n) is 5.61. The number of hydrogen-bond acceptors (Lipinski definition) is 2. The Morgan fingerprint density at radius 1 is 1.33 bits per heavy atom. The number of alkyl halides is 3. The van der Waals surface area contributed by atoms with Crippen molar-refractivity contribution in [2.45, 2.75) is 25.6 Å². The third-order valence-electron chi connectivity index (χ3n) is 3.58. The van der Waals surface area contributed by atoms with Crippen LogP contribution in [0.15, 0.2) is 18.2 Å². The zero-order valence-corrected chi connectivity index (χ0v) is 11.7. The maximum Gasteiger partial charge on any atom is 0.419 e. The lowest BCUT2D eigenvalue weighted by atomic mass is 9.98. The predicted molar refractivity (Wildman–Crippen MR) is 69.4 cm³/mol. The van der Waals surface area contributed by atoms with E-state index in [0.29, 0.717) is 25.7 Å². The van der Waals surface area contributed by atoms with Gasteiger partial charge in [-0.1, -0.05) is 6.07 Å². The summed E-state index contributed by atoms with van der Waals surface area (Å²) in [4.78, 5) is 13.8. The van der Waals surface area contributed by atoms with Crippen molar-refractivity contribution in [1.82, 2.24) is 10.2 Å². The molecule has 21 heavy (non-hydrogen) atoms. The molecule has 116 valence electrons. The molecule has 1 aromatic rings. The number of piperazine rings is 1. The highest BCUT2D eigenvalue weighted by atomic mass is 19.4. The Labute approximate surface area is 119 Å². The number of carbonyl (C=O) groups excluding carboxylic acids is 1. The molecule has 1 fully saturated rings. The summed E-state index contributed by atoms with van der Waals surface area (Å²) in [5.41, 5.74) is -2.54. The Hall–Kier alpha value is -1.63. The van der Waals surface area contributed by atoms with E-state index in [-0.39, 0.29) is 0 Å². The topological polar surface area (TPSA) is 32.3 Å². The fourth-order valence-corrected chi connectivity index (χ4v) is 2.42. The number of carbonyl (C=O) groups is 1. The van der Waals surface area contributed by atoms with Gasteiger partial charge in [0, 0.05) is 19.6 Å². The molecule has 0 saturated carbocycles. The quantitative estimate of drug-likeness (QED) is 0.809. The largest absolute Gasteiger partial charge is 0.419 e. The molecule has 0 aliphatic carbocycles. The second kappa shape index (κ2) is 5.29. The Kier molecular flexibility index (Phi) is 3.97. The van der Waals surface area contributed by atoms with Gasteiger partial charge in [-0.3, -0.25) is 4.79 Å². The van der Waals surface area contributed by atoms with Crippen LogP contribution < -0.4 is 5.32 Å². The van der Waals surface area contributed by atoms with Gasteiger partial charge >= 0.3 is 6.18 Å². The number of benzene rings is 1. The van der Waals surface area contributed by atoms with E-state index in [0.717, 1.165) is 12.1 Å². The van der Waals surface area contributed by atoms with Gasteiger partial charge < -0.3 is 10.2 Å². The zero-order chi connectivity index (χ0) is 15.8. The Bertz CT molecular complexity index is 554. The lowest BCUT2D eigenvalue weighted by Crippen LogP contribution is -2.60. The van der Waals surface area contributed by atoms with E-state index in [4.69, 9.17) is 0 Å². The first kappa shape index (κ1) is 15.8. The molecule has 2 rings (SSSR count). The van der Waals surface area contributed by atoms with Crippen LogP contribution in [0.3, 0.4) is 0 Å². The van der Waals surface area contributed by atoms with Crippen molar-refractivity contribution in [3.63, 3.8) is 0 Å². The number of nitrogens with zero attached hydrogens (tertiary/aromatic N) is 1. The average molecular weight is 304 g/mol. The summed E-state index contributed by atoms with van der Waals surface area (Å²) in [5.74, 6) is -2.23. The van der Waals surface area contributed by atoms with Crippen LogP contribution in [0.5, 0.6) is 0 Å². The van der Waals surface area contributed by atoms with Crippen LogP contribution in [-0.4, -0.2) is 36.0 Å². The highest BCUT2D eigenvalue weighted by Gasteiger charge is 2.39. The van der Waals surface area contributed by atoms with E-state index in [2.05, 4.69) is 5.32 Å². The molecule has 1 aliphatic rings. The fraction of sp³-hybridized carbons (Fsp3) is 0.500. The maximum absolute atomic E-state index is 14.0. The molecule has 3 nitrogen and oxygen atoms in total. The van der Waals surface area contributed by atoms with Crippen molar-refractivity contribution in [3.8, 4) is 0 Å². The van der Waals surface area contributed by atoms with Crippen LogP contribution >= 0.6 is 0 Å². The van der Waals surface area contributed by atoms with Crippen molar-refractivity contribution < 1.29 is 22.4 Å². The molecule has 1 aromatic carbocycles. The Balaban J connectivity index is 2.40. The van der Waals surface area contributed by atoms with Crippen LogP contribution in [0, 0.1) is 5.82 Å². The average Bonchev–Trinajstić information content (AvgIpc) is 2.36. The summed E-state index contributed by atoms with van der Waals surface area (Å²) in [6, 6.07) is 2.77. The van der Waals surface area contributed by atoms with Crippen LogP contribution in [0.4, 0.5) is 17.6 Å². The normalized spacial score (nSPS) is 18.7. The van der Waals surface area contributed by atoms with E-state index < -0.39 is 34.6 Å². The van der Waals surface area contributed by atoms with Crippen LogP contribution in [0.2, 0.25) is 0 Å². The minimum atomic E-state index is -4.82. The smallest absolute Gasteiger partial charge is 0.331 e. The molecule has 1 heterocycles. The number of hydrogen-bond donors (Lipinski definition) is 1. The standard InChI is InChI=1S/C14H16F4N2O/c1-13(2)8-19-6-7-20(13)12(21)9-4-3-5-10(11(9)15)14(16,17)18/h3-5,19H,6-8H2,1-2H3. The summed E-state index contributed by atoms with van der Waals surface area (Å²) in [6.45, 7) is 4.90.